The first-order valence-electron chi connectivity index (χ1n) is 20.5. The van der Waals surface area contributed by atoms with Gasteiger partial charge in [-0.1, -0.05) is 60.1 Å². The predicted molar refractivity (Wildman–Crippen MR) is 250 cm³/mol. The first-order chi connectivity index (χ1) is 32.2. The van der Waals surface area contributed by atoms with Crippen LogP contribution in [0.3, 0.4) is 0 Å². The summed E-state index contributed by atoms with van der Waals surface area (Å²) in [5.74, 6) is 9.67. The van der Waals surface area contributed by atoms with Gasteiger partial charge < -0.3 is 9.47 Å². The van der Waals surface area contributed by atoms with Crippen LogP contribution >= 0.6 is 0 Å². The molecule has 0 amide bonds. The molecule has 0 aliphatic carbocycles. The molecule has 314 valence electrons. The highest BCUT2D eigenvalue weighted by atomic mass is 16.5. The Morgan fingerprint density at radius 3 is 0.621 bits per heavy atom. The molecule has 66 heavy (non-hydrogen) atoms. The first kappa shape index (κ1) is 43.2. The molecule has 0 aliphatic rings. The van der Waals surface area contributed by atoms with Crippen LogP contribution in [0.25, 0.3) is 0 Å². The van der Waals surface area contributed by atoms with E-state index in [9.17, 15) is 28.8 Å². The normalized spacial score (nSPS) is 10.2. The molecule has 0 unspecified atom stereocenters. The third-order valence-corrected chi connectivity index (χ3v) is 10.1. The Morgan fingerprint density at radius 1 is 0.227 bits per heavy atom. The molecular weight excluding hydrogens is 825 g/mol. The largest absolute Gasteiger partial charge is 0.457 e. The summed E-state index contributed by atoms with van der Waals surface area (Å²) in [6.45, 7) is 0. The van der Waals surface area contributed by atoms with Crippen LogP contribution in [0.5, 0.6) is 23.0 Å². The number of hydrogen-bond donors (Lipinski definition) is 0. The fraction of sp³-hybridized carbons (Fsp3) is 0. The van der Waals surface area contributed by atoms with Crippen molar-refractivity contribution >= 4 is 34.7 Å². The van der Waals surface area contributed by atoms with Crippen molar-refractivity contribution in [2.24, 2.45) is 0 Å². The lowest BCUT2D eigenvalue weighted by Crippen LogP contribution is -2.14. The third kappa shape index (κ3) is 10.7. The smallest absolute Gasteiger partial charge is 0.233 e. The molecule has 8 nitrogen and oxygen atoms in total. The Bertz CT molecular complexity index is 3000. The summed E-state index contributed by atoms with van der Waals surface area (Å²) in [5.41, 5.74) is 4.36. The minimum absolute atomic E-state index is 0.154. The quantitative estimate of drug-likeness (QED) is 0.0638. The van der Waals surface area contributed by atoms with Gasteiger partial charge in [-0.15, -0.1) is 0 Å². The maximum Gasteiger partial charge on any atom is 0.233 e. The van der Waals surface area contributed by atoms with Crippen LogP contribution in [-0.4, -0.2) is 34.7 Å². The summed E-state index contributed by atoms with van der Waals surface area (Å²) in [6, 6.07) is 56.5. The molecule has 0 atom stereocenters. The minimum Gasteiger partial charge on any atom is -0.457 e. The van der Waals surface area contributed by atoms with E-state index in [0.717, 1.165) is 11.1 Å². The highest BCUT2D eigenvalue weighted by Crippen LogP contribution is 2.26. The van der Waals surface area contributed by atoms with Crippen LogP contribution in [0.2, 0.25) is 0 Å². The molecule has 0 spiro atoms. The van der Waals surface area contributed by atoms with Crippen molar-refractivity contribution in [1.82, 2.24) is 0 Å². The van der Waals surface area contributed by atoms with E-state index in [1.165, 1.54) is 48.5 Å². The standard InChI is InChI=1S/C58H34O8/c59-53(43-19-15-41(16-20-43)13-11-39-7-3-1-4-8-39)55(61)45-23-31-49(32-24-45)65-51-35-27-47(28-36-51)57(63)58(64)48-29-37-52(38-30-48)66-50-33-25-46(26-34-50)56(62)54(60)44-21-17-42(18-22-44)14-12-40-9-5-2-6-10-40/h1-10,15-38H. The molecular formula is C58H34O8. The number of hydrogen-bond acceptors (Lipinski definition) is 8. The van der Waals surface area contributed by atoms with Crippen molar-refractivity contribution in [2.75, 3.05) is 0 Å². The van der Waals surface area contributed by atoms with Gasteiger partial charge in [0.15, 0.2) is 0 Å². The van der Waals surface area contributed by atoms with E-state index in [1.807, 2.05) is 60.7 Å². The van der Waals surface area contributed by atoms with Crippen molar-refractivity contribution < 1.29 is 38.2 Å². The molecule has 8 aromatic carbocycles. The van der Waals surface area contributed by atoms with Crippen molar-refractivity contribution in [3.8, 4) is 46.7 Å². The van der Waals surface area contributed by atoms with E-state index in [4.69, 9.17) is 9.47 Å². The molecule has 0 bridgehead atoms. The van der Waals surface area contributed by atoms with Crippen LogP contribution in [0, 0.1) is 23.7 Å². The number of benzene rings is 8. The molecule has 8 heteroatoms. The van der Waals surface area contributed by atoms with Gasteiger partial charge in [0.05, 0.1) is 0 Å². The maximum absolute atomic E-state index is 13.1. The molecule has 0 saturated carbocycles. The zero-order valence-corrected chi connectivity index (χ0v) is 34.9. The van der Waals surface area contributed by atoms with Crippen molar-refractivity contribution in [2.45, 2.75) is 0 Å². The van der Waals surface area contributed by atoms with Gasteiger partial charge in [-0.25, -0.2) is 0 Å². The van der Waals surface area contributed by atoms with Gasteiger partial charge >= 0.3 is 0 Å². The molecule has 8 rings (SSSR count). The second kappa shape index (κ2) is 20.1. The average Bonchev–Trinajstić information content (AvgIpc) is 3.38. The Hall–Kier alpha value is -9.50. The van der Waals surface area contributed by atoms with Crippen LogP contribution < -0.4 is 9.47 Å². The fourth-order valence-electron chi connectivity index (χ4n) is 6.50. The van der Waals surface area contributed by atoms with E-state index in [1.54, 1.807) is 97.1 Å². The number of ether oxygens (including phenoxy) is 2. The monoisotopic (exact) mass is 858 g/mol. The second-order valence-electron chi connectivity index (χ2n) is 14.7. The molecule has 8 aromatic rings. The zero-order chi connectivity index (χ0) is 45.8. The van der Waals surface area contributed by atoms with Gasteiger partial charge in [-0.2, -0.15) is 0 Å². The predicted octanol–water partition coefficient (Wildman–Crippen LogP) is 11.3. The lowest BCUT2D eigenvalue weighted by atomic mass is 10.0. The van der Waals surface area contributed by atoms with E-state index >= 15 is 0 Å². The van der Waals surface area contributed by atoms with Gasteiger partial charge in [0.1, 0.15) is 23.0 Å². The highest BCUT2D eigenvalue weighted by Gasteiger charge is 2.21. The SMILES string of the molecule is O=C(C(=O)c1ccc(Oc2ccc(C(=O)C(=O)c3ccc(Oc4ccc(C(=O)C(=O)c5ccc(C#Cc6ccccc6)cc5)cc4)cc3)cc2)cc1)c1ccc(C#Cc2ccccc2)cc1. The lowest BCUT2D eigenvalue weighted by molar-refractivity contribution is 0.0817. The molecule has 0 fully saturated rings. The number of carbonyl (C=O) groups excluding carboxylic acids is 6. The number of carbonyl (C=O) groups is 6. The van der Waals surface area contributed by atoms with E-state index in [-0.39, 0.29) is 33.4 Å². The Balaban J connectivity index is 0.807. The van der Waals surface area contributed by atoms with Gasteiger partial charge in [-0.3, -0.25) is 28.8 Å². The average molecular weight is 859 g/mol. The molecule has 0 N–H and O–H groups in total. The van der Waals surface area contributed by atoms with E-state index in [2.05, 4.69) is 23.7 Å². The number of Topliss-reactive ketones (excluding diaryl/α,β-unsaturated/α-hetero) is 6. The van der Waals surface area contributed by atoms with Crippen LogP contribution in [0.15, 0.2) is 206 Å². The zero-order valence-electron chi connectivity index (χ0n) is 34.9. The fourth-order valence-corrected chi connectivity index (χ4v) is 6.50. The van der Waals surface area contributed by atoms with Crippen molar-refractivity contribution in [1.29, 1.82) is 0 Å². The van der Waals surface area contributed by atoms with Gasteiger partial charge in [0.2, 0.25) is 34.7 Å². The molecule has 0 aromatic heterocycles. The summed E-state index contributed by atoms with van der Waals surface area (Å²) in [5, 5.41) is 0. The lowest BCUT2D eigenvalue weighted by Gasteiger charge is -2.08. The first-order valence-corrected chi connectivity index (χ1v) is 20.5. The minimum atomic E-state index is -0.722. The van der Waals surface area contributed by atoms with Gasteiger partial charge in [-0.05, 0) is 170 Å². The van der Waals surface area contributed by atoms with Gasteiger partial charge in [0.25, 0.3) is 0 Å². The van der Waals surface area contributed by atoms with E-state index in [0.29, 0.717) is 34.1 Å². The van der Waals surface area contributed by atoms with Crippen LogP contribution in [0.1, 0.15) is 84.4 Å². The molecule has 0 radical (unpaired) electrons. The maximum atomic E-state index is 13.1. The van der Waals surface area contributed by atoms with Crippen LogP contribution in [0.4, 0.5) is 0 Å². The Kier molecular flexibility index (Phi) is 13.2. The summed E-state index contributed by atoms with van der Waals surface area (Å²) < 4.78 is 11.8. The summed E-state index contributed by atoms with van der Waals surface area (Å²) in [4.78, 5) is 78.1. The Morgan fingerprint density at radius 2 is 0.409 bits per heavy atom. The van der Waals surface area contributed by atoms with Gasteiger partial charge in [0, 0.05) is 55.6 Å². The Labute approximate surface area is 380 Å². The van der Waals surface area contributed by atoms with E-state index < -0.39 is 34.7 Å². The highest BCUT2D eigenvalue weighted by molar-refractivity contribution is 6.50. The van der Waals surface area contributed by atoms with Crippen molar-refractivity contribution in [3.05, 3.63) is 262 Å². The summed E-state index contributed by atoms with van der Waals surface area (Å²) in [7, 11) is 0. The topological polar surface area (TPSA) is 121 Å². The summed E-state index contributed by atoms with van der Waals surface area (Å²) >= 11 is 0. The summed E-state index contributed by atoms with van der Waals surface area (Å²) in [6.07, 6.45) is 0. The van der Waals surface area contributed by atoms with Crippen LogP contribution in [-0.2, 0) is 0 Å². The third-order valence-electron chi connectivity index (χ3n) is 10.1. The van der Waals surface area contributed by atoms with Crippen molar-refractivity contribution in [3.63, 3.8) is 0 Å². The number of ketones is 6. The second-order valence-corrected chi connectivity index (χ2v) is 14.7. The molecule has 0 heterocycles. The molecule has 0 aliphatic heterocycles. The molecule has 0 saturated heterocycles. The number of rotatable bonds is 13.